The molecule has 0 atom stereocenters. The van der Waals surface area contributed by atoms with Crippen molar-refractivity contribution in [2.24, 2.45) is 0 Å². The second-order valence-electron chi connectivity index (χ2n) is 15.3. The van der Waals surface area contributed by atoms with Crippen LogP contribution in [0.1, 0.15) is 15.3 Å². The second-order valence-corrected chi connectivity index (χ2v) is 15.3. The minimum absolute atomic E-state index is 0. The number of aromatic nitrogens is 6. The van der Waals surface area contributed by atoms with Crippen LogP contribution in [-0.4, -0.2) is 35.8 Å². The number of allylic oxidation sites excluding steroid dienone is 2. The van der Waals surface area contributed by atoms with Gasteiger partial charge in [-0.15, -0.1) is 11.2 Å². The molecule has 0 aliphatic heterocycles. The zero-order valence-electron chi connectivity index (χ0n) is 38.6. The molecule has 3 N–H and O–H groups in total. The third-order valence-corrected chi connectivity index (χ3v) is 10.7. The number of ketones is 1. The van der Waals surface area contributed by atoms with Crippen LogP contribution < -0.4 is 64.1 Å². The summed E-state index contributed by atoms with van der Waals surface area (Å²) in [4.78, 5) is 35.2. The van der Waals surface area contributed by atoms with Gasteiger partial charge in [0.2, 0.25) is 0 Å². The maximum atomic E-state index is 10.0. The predicted octanol–water partition coefficient (Wildman–Crippen LogP) is 7.93. The summed E-state index contributed by atoms with van der Waals surface area (Å²) in [7, 11) is 0. The van der Waals surface area contributed by atoms with E-state index in [2.05, 4.69) is 151 Å². The zero-order valence-corrected chi connectivity index (χ0v) is 44.0. The molecule has 0 unspecified atom stereocenters. The van der Waals surface area contributed by atoms with E-state index in [0.29, 0.717) is 0 Å². The van der Waals surface area contributed by atoms with Crippen molar-refractivity contribution in [2.75, 3.05) is 0 Å². The fourth-order valence-corrected chi connectivity index (χ4v) is 7.83. The Balaban J connectivity index is 0.000000173. The average Bonchev–Trinajstić information content (AvgIpc) is 4.09. The Bertz CT molecular complexity index is 3150. The number of aromatic amines is 2. The molecule has 0 aliphatic rings. The Morgan fingerprint density at radius 2 is 0.866 bits per heavy atom. The van der Waals surface area contributed by atoms with Gasteiger partial charge in [0.05, 0.1) is 34.2 Å². The quantitative estimate of drug-likeness (QED) is 0.0936. The Labute approximate surface area is 447 Å². The van der Waals surface area contributed by atoms with E-state index in [1.807, 2.05) is 79.3 Å². The predicted molar refractivity (Wildman–Crippen MR) is 264 cm³/mol. The molecule has 11 heteroatoms. The summed E-state index contributed by atoms with van der Waals surface area (Å²) in [6.07, 6.45) is 6.74. The normalized spacial score (nSPS) is 10.7. The molecule has 12 rings (SSSR count). The molecule has 0 saturated carbocycles. The van der Waals surface area contributed by atoms with E-state index < -0.39 is 0 Å². The summed E-state index contributed by atoms with van der Waals surface area (Å²) in [6.45, 7) is 2.85. The molecule has 67 heavy (non-hydrogen) atoms. The molecule has 321 valence electrons. The molecule has 0 fully saturated rings. The fraction of sp³-hybridized carbons (Fsp3) is 0.0357. The second kappa shape index (κ2) is 23.7. The molecule has 0 bridgehead atoms. The van der Waals surface area contributed by atoms with Crippen LogP contribution in [0.4, 0.5) is 0 Å². The molecule has 1 radical (unpaired) electrons. The molecule has 6 heterocycles. The number of benzene rings is 6. The molecule has 0 amide bonds. The number of carbonyl (C=O) groups is 1. The molecule has 0 aliphatic carbocycles. The van der Waals surface area contributed by atoms with Crippen molar-refractivity contribution in [3.05, 3.63) is 212 Å². The van der Waals surface area contributed by atoms with Gasteiger partial charge in [-0.05, 0) is 77.9 Å². The van der Waals surface area contributed by atoms with Gasteiger partial charge >= 0.3 is 59.1 Å². The van der Waals surface area contributed by atoms with Crippen molar-refractivity contribution in [1.82, 2.24) is 29.9 Å². The number of hydrogen-bond acceptors (Lipinski definition) is 5. The first-order valence-corrected chi connectivity index (χ1v) is 21.0. The zero-order chi connectivity index (χ0) is 43.8. The van der Waals surface area contributed by atoms with Gasteiger partial charge in [0.15, 0.2) is 5.78 Å². The van der Waals surface area contributed by atoms with Crippen molar-refractivity contribution in [1.29, 1.82) is 0 Å². The van der Waals surface area contributed by atoms with Gasteiger partial charge in [-0.2, -0.15) is 0 Å². The molecule has 6 aromatic carbocycles. The Kier molecular flexibility index (Phi) is 17.8. The van der Waals surface area contributed by atoms with E-state index >= 15 is 0 Å². The molecule has 12 aromatic rings. The van der Waals surface area contributed by atoms with E-state index in [0.717, 1.165) is 61.5 Å². The molecular weight excluding hydrogens is 1030 g/mol. The SMILES string of the molecule is CC(=O)C=C(C)O.[H-].[Ir].[Na+].[Na+].c1ccc2[n-]c(-c3nccc4ccccc34)cc2c1.c1ccc2[nH]c(-c3nccc4ccccc34)cc2c1.c1ccc2[nH]c(-c3nccc4ccccc34)cc2c1. The monoisotopic (exact) mass is 1070 g/mol. The molecule has 0 saturated heterocycles. The minimum atomic E-state index is -0.125. The van der Waals surface area contributed by atoms with Gasteiger partial charge in [0.1, 0.15) is 0 Å². The van der Waals surface area contributed by atoms with E-state index in [4.69, 9.17) is 5.11 Å². The van der Waals surface area contributed by atoms with E-state index in [1.165, 1.54) is 57.6 Å². The molecule has 6 aromatic heterocycles. The first-order chi connectivity index (χ1) is 31.4. The summed E-state index contributed by atoms with van der Waals surface area (Å²) in [5, 5.41) is 19.1. The van der Waals surface area contributed by atoms with Crippen LogP contribution in [0.3, 0.4) is 0 Å². The van der Waals surface area contributed by atoms with Crippen LogP contribution >= 0.6 is 0 Å². The van der Waals surface area contributed by atoms with Crippen molar-refractivity contribution < 1.29 is 90.5 Å². The Hall–Kier alpha value is -5.97. The van der Waals surface area contributed by atoms with Gasteiger partial charge in [0, 0.05) is 82.7 Å². The van der Waals surface area contributed by atoms with Gasteiger partial charge in [-0.25, -0.2) is 0 Å². The minimum Gasteiger partial charge on any atom is -1.00 e. The maximum absolute atomic E-state index is 10.0. The topological polar surface area (TPSA) is 122 Å². The average molecular weight is 1070 g/mol. The van der Waals surface area contributed by atoms with Crippen LogP contribution in [0.2, 0.25) is 0 Å². The third-order valence-electron chi connectivity index (χ3n) is 10.7. The number of fused-ring (bicyclic) bond motifs is 6. The number of nitrogens with zero attached hydrogens (tertiary/aromatic N) is 4. The number of nitrogens with one attached hydrogen (secondary N) is 2. The van der Waals surface area contributed by atoms with Crippen molar-refractivity contribution in [3.63, 3.8) is 0 Å². The standard InChI is InChI=1S/2C17H12N2.C17H11N2.C5H8O2.Ir.2Na.H/c3*1-3-7-14-12(5-1)9-10-18-17(14)16-11-13-6-2-4-8-15(13)19-16;1-4(6)3-5(2)7;;;;/h2*1-11,19H;1-11H;3,6H,1-2H3;;;;/q;;-1;;;2*+1;-1. The number of hydrogen-bond donors (Lipinski definition) is 3. The third kappa shape index (κ3) is 12.0. The summed E-state index contributed by atoms with van der Waals surface area (Å²) >= 11 is 0. The van der Waals surface area contributed by atoms with Gasteiger partial charge < -0.3 is 21.5 Å². The number of rotatable bonds is 4. The van der Waals surface area contributed by atoms with E-state index in [1.54, 1.807) is 0 Å². The van der Waals surface area contributed by atoms with Gasteiger partial charge in [0.25, 0.3) is 0 Å². The Morgan fingerprint density at radius 3 is 1.27 bits per heavy atom. The van der Waals surface area contributed by atoms with E-state index in [9.17, 15) is 4.79 Å². The Morgan fingerprint density at radius 1 is 0.493 bits per heavy atom. The van der Waals surface area contributed by atoms with Gasteiger partial charge in [-0.3, -0.25) is 19.7 Å². The summed E-state index contributed by atoms with van der Waals surface area (Å²) in [5.41, 5.74) is 9.36. The largest absolute Gasteiger partial charge is 1.00 e. The van der Waals surface area contributed by atoms with Crippen molar-refractivity contribution in [3.8, 4) is 34.2 Å². The number of aliphatic hydroxyl groups is 1. The summed E-state index contributed by atoms with van der Waals surface area (Å²) in [5.74, 6) is -0.0625. The van der Waals surface area contributed by atoms with Crippen molar-refractivity contribution >= 4 is 70.8 Å². The first kappa shape index (κ1) is 50.4. The van der Waals surface area contributed by atoms with Crippen LogP contribution in [0, 0.1) is 0 Å². The molecule has 8 nitrogen and oxygen atoms in total. The fourth-order valence-electron chi connectivity index (χ4n) is 7.83. The van der Waals surface area contributed by atoms with Crippen LogP contribution in [-0.2, 0) is 24.9 Å². The van der Waals surface area contributed by atoms with Crippen LogP contribution in [0.25, 0.3) is 99.2 Å². The number of para-hydroxylation sites is 3. The maximum Gasteiger partial charge on any atom is 1.00 e. The van der Waals surface area contributed by atoms with Crippen molar-refractivity contribution in [2.45, 2.75) is 13.8 Å². The van der Waals surface area contributed by atoms with Gasteiger partial charge in [-0.1, -0.05) is 140 Å². The number of carbonyl (C=O) groups excluding carboxylic acids is 1. The smallest absolute Gasteiger partial charge is 1.00 e. The summed E-state index contributed by atoms with van der Waals surface area (Å²) < 4.78 is 0. The molecule has 0 spiro atoms. The number of aliphatic hydroxyl groups excluding tert-OH is 1. The summed E-state index contributed by atoms with van der Waals surface area (Å²) in [6, 6.07) is 62.2. The van der Waals surface area contributed by atoms with Crippen LogP contribution in [0.15, 0.2) is 212 Å². The van der Waals surface area contributed by atoms with E-state index in [-0.39, 0.29) is 92.2 Å². The first-order valence-electron chi connectivity index (χ1n) is 21.0. The number of H-pyrrole nitrogens is 2. The molecular formula is C56H44IrN6Na2O2. The number of pyridine rings is 3. The van der Waals surface area contributed by atoms with Crippen LogP contribution in [0.5, 0.6) is 0 Å².